The molecule has 0 amide bonds. The maximum absolute atomic E-state index is 13.4. The van der Waals surface area contributed by atoms with Crippen LogP contribution >= 0.6 is 11.8 Å². The number of nitro groups is 1. The number of hydrogen-bond donors (Lipinski definition) is 1. The Bertz CT molecular complexity index is 498. The monoisotopic (exact) mass is 302 g/mol. The van der Waals surface area contributed by atoms with Crippen molar-refractivity contribution in [2.45, 2.75) is 18.2 Å². The van der Waals surface area contributed by atoms with Gasteiger partial charge in [0.05, 0.1) is 12.0 Å². The molecule has 2 N–H and O–H groups in total. The van der Waals surface area contributed by atoms with E-state index in [-0.39, 0.29) is 0 Å². The van der Waals surface area contributed by atoms with Crippen LogP contribution in [0.1, 0.15) is 12.0 Å². The molecule has 20 heavy (non-hydrogen) atoms. The van der Waals surface area contributed by atoms with Crippen LogP contribution in [0.3, 0.4) is 0 Å². The number of hydrogen-bond acceptors (Lipinski definition) is 6. The predicted molar refractivity (Wildman–Crippen MR) is 73.8 cm³/mol. The molecule has 0 radical (unpaired) electrons. The molecule has 0 aromatic heterocycles. The molecule has 1 aromatic carbocycles. The second-order valence-corrected chi connectivity index (χ2v) is 5.12. The summed E-state index contributed by atoms with van der Waals surface area (Å²) in [6.07, 6.45) is 0.451. The number of benzene rings is 1. The Morgan fingerprint density at radius 3 is 2.85 bits per heavy atom. The number of halogens is 1. The summed E-state index contributed by atoms with van der Waals surface area (Å²) in [5.74, 6) is -0.219. The van der Waals surface area contributed by atoms with Gasteiger partial charge in [-0.3, -0.25) is 14.9 Å². The van der Waals surface area contributed by atoms with Gasteiger partial charge in [-0.1, -0.05) is 6.07 Å². The van der Waals surface area contributed by atoms with E-state index >= 15 is 0 Å². The third-order valence-corrected chi connectivity index (χ3v) is 3.62. The molecule has 1 rings (SSSR count). The second-order valence-electron chi connectivity index (χ2n) is 4.01. The highest BCUT2D eigenvalue weighted by atomic mass is 32.2. The molecule has 0 saturated heterocycles. The van der Waals surface area contributed by atoms with Gasteiger partial charge in [0.1, 0.15) is 6.04 Å². The first kappa shape index (κ1) is 16.4. The minimum Gasteiger partial charge on any atom is -0.468 e. The van der Waals surface area contributed by atoms with Crippen molar-refractivity contribution in [2.75, 3.05) is 12.9 Å². The first-order chi connectivity index (χ1) is 9.45. The van der Waals surface area contributed by atoms with Gasteiger partial charge in [-0.2, -0.15) is 16.2 Å². The van der Waals surface area contributed by atoms with Crippen molar-refractivity contribution in [1.82, 2.24) is 0 Å². The van der Waals surface area contributed by atoms with E-state index < -0.39 is 28.4 Å². The fourth-order valence-corrected chi connectivity index (χ4v) is 2.44. The Labute approximate surface area is 119 Å². The summed E-state index contributed by atoms with van der Waals surface area (Å²) in [6.45, 7) is 0. The SMILES string of the molecule is COC(=O)C(N)CCSCc1ccc([N+](=O)[O-])c(F)c1. The van der Waals surface area contributed by atoms with Gasteiger partial charge < -0.3 is 10.5 Å². The highest BCUT2D eigenvalue weighted by Crippen LogP contribution is 2.21. The second kappa shape index (κ2) is 7.81. The molecule has 1 aromatic rings. The average Bonchev–Trinajstić information content (AvgIpc) is 2.42. The van der Waals surface area contributed by atoms with Gasteiger partial charge in [-0.25, -0.2) is 0 Å². The fourth-order valence-electron chi connectivity index (χ4n) is 1.46. The van der Waals surface area contributed by atoms with E-state index in [1.54, 1.807) is 0 Å². The molecule has 0 saturated carbocycles. The lowest BCUT2D eigenvalue weighted by Crippen LogP contribution is -2.31. The molecule has 110 valence electrons. The van der Waals surface area contributed by atoms with E-state index in [1.807, 2.05) is 0 Å². The molecule has 6 nitrogen and oxygen atoms in total. The number of carbonyl (C=O) groups is 1. The normalized spacial score (nSPS) is 11.9. The van der Waals surface area contributed by atoms with Gasteiger partial charge in [0.2, 0.25) is 5.82 Å². The number of rotatable bonds is 7. The van der Waals surface area contributed by atoms with E-state index in [2.05, 4.69) is 4.74 Å². The van der Waals surface area contributed by atoms with Crippen molar-refractivity contribution >= 4 is 23.4 Å². The summed E-state index contributed by atoms with van der Waals surface area (Å²) >= 11 is 1.46. The first-order valence-electron chi connectivity index (χ1n) is 5.79. The number of carbonyl (C=O) groups excluding carboxylic acids is 1. The van der Waals surface area contributed by atoms with Gasteiger partial charge in [-0.05, 0) is 23.8 Å². The minimum atomic E-state index is -0.848. The van der Waals surface area contributed by atoms with E-state index in [9.17, 15) is 19.3 Å². The predicted octanol–water partition coefficient (Wildman–Crippen LogP) is 1.86. The molecular formula is C12H15FN2O4S. The lowest BCUT2D eigenvalue weighted by atomic mass is 10.2. The Morgan fingerprint density at radius 2 is 2.30 bits per heavy atom. The van der Waals surface area contributed by atoms with E-state index in [1.165, 1.54) is 24.9 Å². The van der Waals surface area contributed by atoms with Crippen LogP contribution in [-0.2, 0) is 15.3 Å². The molecule has 1 unspecified atom stereocenters. The fraction of sp³-hybridized carbons (Fsp3) is 0.417. The highest BCUT2D eigenvalue weighted by molar-refractivity contribution is 7.98. The summed E-state index contributed by atoms with van der Waals surface area (Å²) in [5, 5.41) is 10.5. The lowest BCUT2D eigenvalue weighted by molar-refractivity contribution is -0.387. The van der Waals surface area contributed by atoms with Crippen molar-refractivity contribution in [3.8, 4) is 0 Å². The molecule has 0 bridgehead atoms. The lowest BCUT2D eigenvalue weighted by Gasteiger charge is -2.08. The standard InChI is InChI=1S/C12H15FN2O4S/c1-19-12(16)10(14)4-5-20-7-8-2-3-11(15(17)18)9(13)6-8/h2-3,6,10H,4-5,7,14H2,1H3. The summed E-state index contributed by atoms with van der Waals surface area (Å²) in [5.41, 5.74) is 5.67. The van der Waals surface area contributed by atoms with E-state index in [0.29, 0.717) is 23.5 Å². The van der Waals surface area contributed by atoms with E-state index in [4.69, 9.17) is 5.73 Å². The van der Waals surface area contributed by atoms with Gasteiger partial charge in [0, 0.05) is 11.8 Å². The van der Waals surface area contributed by atoms with Gasteiger partial charge in [0.25, 0.3) is 0 Å². The Hall–Kier alpha value is -1.67. The van der Waals surface area contributed by atoms with Crippen LogP contribution < -0.4 is 5.73 Å². The third-order valence-electron chi connectivity index (χ3n) is 2.55. The quantitative estimate of drug-likeness (QED) is 0.357. The molecule has 1 atom stereocenters. The maximum atomic E-state index is 13.4. The van der Waals surface area contributed by atoms with Gasteiger partial charge >= 0.3 is 11.7 Å². The van der Waals surface area contributed by atoms with Crippen LogP contribution in [0.5, 0.6) is 0 Å². The molecule has 0 aliphatic heterocycles. The molecule has 0 heterocycles. The van der Waals surface area contributed by atoms with Gasteiger partial charge in [0.15, 0.2) is 0 Å². The minimum absolute atomic E-state index is 0.451. The summed E-state index contributed by atoms with van der Waals surface area (Å²) in [4.78, 5) is 20.8. The Kier molecular flexibility index (Phi) is 6.40. The number of esters is 1. The van der Waals surface area contributed by atoms with Crippen molar-refractivity contribution in [2.24, 2.45) is 5.73 Å². The number of methoxy groups -OCH3 is 1. The average molecular weight is 302 g/mol. The molecule has 0 fully saturated rings. The largest absolute Gasteiger partial charge is 0.468 e. The molecule has 0 aliphatic carbocycles. The Balaban J connectivity index is 2.41. The number of nitrogens with two attached hydrogens (primary N) is 1. The number of thioether (sulfide) groups is 1. The van der Waals surface area contributed by atoms with Crippen LogP contribution in [0.15, 0.2) is 18.2 Å². The maximum Gasteiger partial charge on any atom is 0.322 e. The van der Waals surface area contributed by atoms with Crippen LogP contribution in [0.25, 0.3) is 0 Å². The van der Waals surface area contributed by atoms with Gasteiger partial charge in [-0.15, -0.1) is 0 Å². The summed E-state index contributed by atoms with van der Waals surface area (Å²) < 4.78 is 17.8. The summed E-state index contributed by atoms with van der Waals surface area (Å²) in [6, 6.07) is 3.13. The number of nitro benzene ring substituents is 1. The zero-order valence-corrected chi connectivity index (χ0v) is 11.7. The Morgan fingerprint density at radius 1 is 1.60 bits per heavy atom. The smallest absolute Gasteiger partial charge is 0.322 e. The highest BCUT2D eigenvalue weighted by Gasteiger charge is 2.15. The van der Waals surface area contributed by atoms with Crippen molar-refractivity contribution < 1.29 is 18.8 Å². The van der Waals surface area contributed by atoms with Crippen LogP contribution in [0.2, 0.25) is 0 Å². The first-order valence-corrected chi connectivity index (χ1v) is 6.95. The van der Waals surface area contributed by atoms with E-state index in [0.717, 1.165) is 12.1 Å². The number of nitrogens with zero attached hydrogens (tertiary/aromatic N) is 1. The zero-order valence-electron chi connectivity index (χ0n) is 10.9. The third kappa shape index (κ3) is 4.78. The molecule has 0 aliphatic rings. The van der Waals surface area contributed by atoms with Crippen molar-refractivity contribution in [3.05, 3.63) is 39.7 Å². The van der Waals surface area contributed by atoms with Crippen LogP contribution in [0, 0.1) is 15.9 Å². The molecule has 0 spiro atoms. The molecule has 8 heteroatoms. The van der Waals surface area contributed by atoms with Crippen molar-refractivity contribution in [3.63, 3.8) is 0 Å². The van der Waals surface area contributed by atoms with Crippen LogP contribution in [0.4, 0.5) is 10.1 Å². The van der Waals surface area contributed by atoms with Crippen molar-refractivity contribution in [1.29, 1.82) is 0 Å². The van der Waals surface area contributed by atoms with Crippen LogP contribution in [-0.4, -0.2) is 29.8 Å². The number of ether oxygens (including phenoxy) is 1. The molecular weight excluding hydrogens is 287 g/mol. The zero-order chi connectivity index (χ0) is 15.1. The topological polar surface area (TPSA) is 95.5 Å². The summed E-state index contributed by atoms with van der Waals surface area (Å²) in [7, 11) is 1.27.